The van der Waals surface area contributed by atoms with E-state index in [-0.39, 0.29) is 18.2 Å². The van der Waals surface area contributed by atoms with Crippen molar-refractivity contribution in [2.45, 2.75) is 6.42 Å². The predicted molar refractivity (Wildman–Crippen MR) is 131 cm³/mol. The lowest BCUT2D eigenvalue weighted by atomic mass is 9.98. The molecule has 0 aliphatic heterocycles. The molecule has 33 heavy (non-hydrogen) atoms. The molecular formula is C29H20N2O2. The molecule has 5 aromatic rings. The van der Waals surface area contributed by atoms with Crippen LogP contribution in [0.15, 0.2) is 108 Å². The van der Waals surface area contributed by atoms with Crippen molar-refractivity contribution in [2.24, 2.45) is 0 Å². The van der Waals surface area contributed by atoms with E-state index in [2.05, 4.69) is 11.4 Å². The van der Waals surface area contributed by atoms with Crippen molar-refractivity contribution in [2.75, 3.05) is 5.32 Å². The van der Waals surface area contributed by atoms with Gasteiger partial charge in [0.25, 0.3) is 0 Å². The van der Waals surface area contributed by atoms with E-state index in [1.807, 2.05) is 103 Å². The van der Waals surface area contributed by atoms with Crippen LogP contribution in [-0.2, 0) is 11.2 Å². The third kappa shape index (κ3) is 4.00. The van der Waals surface area contributed by atoms with Gasteiger partial charge in [-0.05, 0) is 21.9 Å². The third-order valence-corrected chi connectivity index (χ3v) is 5.60. The number of fused-ring (bicyclic) bond motifs is 1. The number of hydrogen-bond acceptors (Lipinski definition) is 3. The van der Waals surface area contributed by atoms with E-state index < -0.39 is 0 Å². The normalized spacial score (nSPS) is 10.6. The van der Waals surface area contributed by atoms with Crippen LogP contribution in [0.5, 0.6) is 0 Å². The highest BCUT2D eigenvalue weighted by atomic mass is 16.4. The number of nitriles is 1. The van der Waals surface area contributed by atoms with Gasteiger partial charge >= 0.3 is 0 Å². The van der Waals surface area contributed by atoms with Gasteiger partial charge in [-0.3, -0.25) is 10.1 Å². The maximum Gasteiger partial charge on any atom is 0.231 e. The number of carbonyl (C=O) groups is 1. The number of carbonyl (C=O) groups excluding carboxylic acids is 1. The lowest BCUT2D eigenvalue weighted by molar-refractivity contribution is -0.115. The largest absolute Gasteiger partial charge is 0.438 e. The number of hydrogen-bond donors (Lipinski definition) is 1. The van der Waals surface area contributed by atoms with E-state index in [0.29, 0.717) is 16.9 Å². The van der Waals surface area contributed by atoms with Crippen molar-refractivity contribution < 1.29 is 9.21 Å². The van der Waals surface area contributed by atoms with Crippen LogP contribution in [-0.4, -0.2) is 5.91 Å². The number of rotatable bonds is 5. The molecule has 0 unspecified atom stereocenters. The highest BCUT2D eigenvalue weighted by Gasteiger charge is 2.24. The summed E-state index contributed by atoms with van der Waals surface area (Å²) < 4.78 is 6.12. The number of nitrogens with one attached hydrogen (secondary N) is 1. The second kappa shape index (κ2) is 8.86. The molecule has 0 atom stereocenters. The molecule has 1 amide bonds. The molecule has 5 rings (SSSR count). The third-order valence-electron chi connectivity index (χ3n) is 5.60. The highest BCUT2D eigenvalue weighted by molar-refractivity contribution is 5.98. The van der Waals surface area contributed by atoms with Gasteiger partial charge in [-0.1, -0.05) is 103 Å². The molecule has 0 spiro atoms. The van der Waals surface area contributed by atoms with E-state index in [4.69, 9.17) is 4.42 Å². The molecule has 4 aromatic carbocycles. The Hall–Kier alpha value is -4.62. The summed E-state index contributed by atoms with van der Waals surface area (Å²) in [4.78, 5) is 13.0. The summed E-state index contributed by atoms with van der Waals surface area (Å²) in [6, 6.07) is 35.3. The second-order valence-electron chi connectivity index (χ2n) is 7.72. The van der Waals surface area contributed by atoms with Gasteiger partial charge in [0.2, 0.25) is 11.8 Å². The smallest absolute Gasteiger partial charge is 0.231 e. The van der Waals surface area contributed by atoms with Crippen molar-refractivity contribution in [3.8, 4) is 28.5 Å². The van der Waals surface area contributed by atoms with Crippen molar-refractivity contribution in [1.29, 1.82) is 5.26 Å². The molecule has 0 aliphatic rings. The number of nitrogens with zero attached hydrogens (tertiary/aromatic N) is 1. The Bertz CT molecular complexity index is 1470. The fourth-order valence-corrected chi connectivity index (χ4v) is 4.09. The molecule has 1 heterocycles. The Balaban J connectivity index is 1.54. The molecule has 0 saturated carbocycles. The minimum absolute atomic E-state index is 0.167. The maximum atomic E-state index is 13.0. The summed E-state index contributed by atoms with van der Waals surface area (Å²) in [7, 11) is 0. The Morgan fingerprint density at radius 1 is 0.788 bits per heavy atom. The first-order valence-electron chi connectivity index (χ1n) is 10.7. The summed E-state index contributed by atoms with van der Waals surface area (Å²) in [6.07, 6.45) is 0.175. The zero-order valence-electron chi connectivity index (χ0n) is 17.8. The lowest BCUT2D eigenvalue weighted by Crippen LogP contribution is -2.14. The summed E-state index contributed by atoms with van der Waals surface area (Å²) in [5, 5.41) is 15.0. The van der Waals surface area contributed by atoms with Crippen LogP contribution in [0.4, 0.5) is 5.88 Å². The number of benzene rings is 4. The Kier molecular flexibility index (Phi) is 5.45. The zero-order chi connectivity index (χ0) is 22.6. The van der Waals surface area contributed by atoms with E-state index in [0.717, 1.165) is 27.5 Å². The van der Waals surface area contributed by atoms with Crippen molar-refractivity contribution in [3.05, 3.63) is 114 Å². The van der Waals surface area contributed by atoms with Gasteiger partial charge in [0.1, 0.15) is 17.4 Å². The van der Waals surface area contributed by atoms with Crippen molar-refractivity contribution in [1.82, 2.24) is 0 Å². The number of amides is 1. The molecule has 0 bridgehead atoms. The van der Waals surface area contributed by atoms with E-state index >= 15 is 0 Å². The first-order valence-corrected chi connectivity index (χ1v) is 10.7. The zero-order valence-corrected chi connectivity index (χ0v) is 17.8. The molecule has 0 fully saturated rings. The van der Waals surface area contributed by atoms with E-state index in [9.17, 15) is 10.1 Å². The van der Waals surface area contributed by atoms with Gasteiger partial charge in [0.15, 0.2) is 0 Å². The fourth-order valence-electron chi connectivity index (χ4n) is 4.09. The Morgan fingerprint density at radius 3 is 2.15 bits per heavy atom. The van der Waals surface area contributed by atoms with Gasteiger partial charge < -0.3 is 4.42 Å². The summed E-state index contributed by atoms with van der Waals surface area (Å²) in [6.45, 7) is 0. The SMILES string of the molecule is N#Cc1c(NC(=O)Cc2cccc3ccccc23)oc(-c2ccccc2)c1-c1ccccc1. The summed E-state index contributed by atoms with van der Waals surface area (Å²) in [5.74, 6) is 0.482. The maximum absolute atomic E-state index is 13.0. The average Bonchev–Trinajstić information content (AvgIpc) is 3.23. The van der Waals surface area contributed by atoms with Crippen molar-refractivity contribution >= 4 is 22.6 Å². The standard InChI is InChI=1S/C29H20N2O2/c30-19-25-27(21-11-3-1-4-12-21)28(22-13-5-2-6-14-22)33-29(25)31-26(32)18-23-16-9-15-20-10-7-8-17-24(20)23/h1-17H,18H2,(H,31,32). The lowest BCUT2D eigenvalue weighted by Gasteiger charge is -2.07. The van der Waals surface area contributed by atoms with Crippen LogP contribution in [0.2, 0.25) is 0 Å². The molecule has 0 saturated heterocycles. The fraction of sp³-hybridized carbons (Fsp3) is 0.0345. The van der Waals surface area contributed by atoms with Gasteiger partial charge in [-0.15, -0.1) is 0 Å². The Morgan fingerprint density at radius 2 is 1.42 bits per heavy atom. The molecule has 1 aromatic heterocycles. The minimum atomic E-state index is -0.240. The average molecular weight is 428 g/mol. The van der Waals surface area contributed by atoms with Crippen LogP contribution in [0.3, 0.4) is 0 Å². The minimum Gasteiger partial charge on any atom is -0.438 e. The van der Waals surface area contributed by atoms with Crippen LogP contribution < -0.4 is 5.32 Å². The predicted octanol–water partition coefficient (Wildman–Crippen LogP) is 6.82. The van der Waals surface area contributed by atoms with Crippen molar-refractivity contribution in [3.63, 3.8) is 0 Å². The first kappa shape index (κ1) is 20.3. The van der Waals surface area contributed by atoms with Crippen LogP contribution >= 0.6 is 0 Å². The van der Waals surface area contributed by atoms with E-state index in [1.165, 1.54) is 0 Å². The summed E-state index contributed by atoms with van der Waals surface area (Å²) >= 11 is 0. The highest BCUT2D eigenvalue weighted by Crippen LogP contribution is 2.41. The van der Waals surface area contributed by atoms with Gasteiger partial charge in [0, 0.05) is 11.1 Å². The topological polar surface area (TPSA) is 66.0 Å². The molecular weight excluding hydrogens is 408 g/mol. The molecule has 0 radical (unpaired) electrons. The molecule has 4 heteroatoms. The van der Waals surface area contributed by atoms with Gasteiger partial charge in [-0.2, -0.15) is 5.26 Å². The van der Waals surface area contributed by atoms with Gasteiger partial charge in [-0.25, -0.2) is 0 Å². The van der Waals surface area contributed by atoms with Crippen LogP contribution in [0, 0.1) is 11.3 Å². The second-order valence-corrected chi connectivity index (χ2v) is 7.72. The number of furan rings is 1. The molecule has 1 N–H and O–H groups in total. The monoisotopic (exact) mass is 428 g/mol. The molecule has 158 valence electrons. The summed E-state index contributed by atoms with van der Waals surface area (Å²) in [5.41, 5.74) is 3.59. The van der Waals surface area contributed by atoms with E-state index in [1.54, 1.807) is 0 Å². The first-order chi connectivity index (χ1) is 16.2. The van der Waals surface area contributed by atoms with Gasteiger partial charge in [0.05, 0.1) is 6.42 Å². The quantitative estimate of drug-likeness (QED) is 0.334. The van der Waals surface area contributed by atoms with Crippen LogP contribution in [0.25, 0.3) is 33.2 Å². The molecule has 0 aliphatic carbocycles. The molecule has 4 nitrogen and oxygen atoms in total. The Labute approximate surface area is 191 Å². The van der Waals surface area contributed by atoms with Crippen LogP contribution in [0.1, 0.15) is 11.1 Å². The number of anilines is 1.